The maximum Gasteiger partial charge on any atom is 0.348 e. The fraction of sp³-hybridized carbons (Fsp3) is 0.562. The second-order valence-corrected chi connectivity index (χ2v) is 8.09. The van der Waals surface area contributed by atoms with E-state index in [1.807, 2.05) is 13.8 Å². The molecule has 0 aliphatic heterocycles. The predicted molar refractivity (Wildman–Crippen MR) is 102 cm³/mol. The minimum absolute atomic E-state index is 0.311. The lowest BCUT2D eigenvalue weighted by atomic mass is 10.2. The van der Waals surface area contributed by atoms with Gasteiger partial charge in [-0.1, -0.05) is 30.3 Å². The Morgan fingerprint density at radius 2 is 2.12 bits per heavy atom. The fourth-order valence-corrected chi connectivity index (χ4v) is 4.45. The first kappa shape index (κ1) is 19.4. The zero-order valence-corrected chi connectivity index (χ0v) is 16.8. The highest BCUT2D eigenvalue weighted by Crippen LogP contribution is 2.35. The number of carbonyl (C=O) groups excluding carboxylic acids is 1. The third kappa shape index (κ3) is 4.81. The molecule has 0 aromatic carbocycles. The maximum atomic E-state index is 12.2. The summed E-state index contributed by atoms with van der Waals surface area (Å²) in [5, 5.41) is 1.81. The van der Waals surface area contributed by atoms with Crippen LogP contribution in [-0.4, -0.2) is 53.8 Å². The number of thioether (sulfide) groups is 1. The Kier molecular flexibility index (Phi) is 7.28. The average molecular weight is 388 g/mol. The van der Waals surface area contributed by atoms with Crippen LogP contribution in [0.25, 0.3) is 10.2 Å². The second kappa shape index (κ2) is 8.99. The molecule has 0 aliphatic carbocycles. The summed E-state index contributed by atoms with van der Waals surface area (Å²) in [6.45, 7) is 5.27. The van der Waals surface area contributed by atoms with Crippen LogP contribution >= 0.6 is 34.7 Å². The van der Waals surface area contributed by atoms with Gasteiger partial charge in [0.1, 0.15) is 14.9 Å². The smallest absolute Gasteiger partial charge is 0.348 e. The number of fused-ring (bicyclic) bond motifs is 1. The lowest BCUT2D eigenvalue weighted by molar-refractivity contribution is 0.0510. The van der Waals surface area contributed by atoms with Crippen molar-refractivity contribution in [3.8, 4) is 0 Å². The van der Waals surface area contributed by atoms with E-state index in [2.05, 4.69) is 29.0 Å². The van der Waals surface area contributed by atoms with E-state index in [0.29, 0.717) is 21.8 Å². The summed E-state index contributed by atoms with van der Waals surface area (Å²) < 4.78 is 5.23. The van der Waals surface area contributed by atoms with Gasteiger partial charge in [0, 0.05) is 5.75 Å². The molecule has 0 fully saturated rings. The number of rotatable bonds is 8. The standard InChI is InChI=1S/C16H22ClN3O2S2/c1-5-8-22-15(21)12-10(2)11-13(17)18-16(19-14(11)24-12)23-9-6-7-20(3)4/h5-9H2,1-4H3. The number of carbonyl (C=O) groups is 1. The van der Waals surface area contributed by atoms with Gasteiger partial charge in [-0.2, -0.15) is 0 Å². The summed E-state index contributed by atoms with van der Waals surface area (Å²) in [6, 6.07) is 0. The zero-order valence-electron chi connectivity index (χ0n) is 14.4. The largest absolute Gasteiger partial charge is 0.462 e. The molecule has 0 radical (unpaired) electrons. The van der Waals surface area contributed by atoms with Crippen LogP contribution in [-0.2, 0) is 4.74 Å². The number of halogens is 1. The summed E-state index contributed by atoms with van der Waals surface area (Å²) in [4.78, 5) is 24.5. The Morgan fingerprint density at radius 3 is 2.79 bits per heavy atom. The highest BCUT2D eigenvalue weighted by molar-refractivity contribution is 7.99. The number of hydrogen-bond acceptors (Lipinski definition) is 7. The van der Waals surface area contributed by atoms with Crippen LogP contribution in [0.3, 0.4) is 0 Å². The molecule has 0 atom stereocenters. The number of aromatic nitrogens is 2. The van der Waals surface area contributed by atoms with Gasteiger partial charge in [-0.15, -0.1) is 11.3 Å². The highest BCUT2D eigenvalue weighted by atomic mass is 35.5. The minimum atomic E-state index is -0.311. The van der Waals surface area contributed by atoms with Gasteiger partial charge in [0.25, 0.3) is 0 Å². The molecule has 0 spiro atoms. The van der Waals surface area contributed by atoms with E-state index >= 15 is 0 Å². The third-order valence-electron chi connectivity index (χ3n) is 3.33. The second-order valence-electron chi connectivity index (χ2n) is 5.67. The first-order valence-electron chi connectivity index (χ1n) is 7.85. The van der Waals surface area contributed by atoms with Gasteiger partial charge < -0.3 is 9.64 Å². The molecule has 0 N–H and O–H groups in total. The molecule has 0 saturated heterocycles. The molecule has 0 amide bonds. The number of aryl methyl sites for hydroxylation is 1. The number of esters is 1. The van der Waals surface area contributed by atoms with E-state index in [1.165, 1.54) is 11.3 Å². The molecule has 2 aromatic heterocycles. The molecule has 2 aromatic rings. The molecule has 0 unspecified atom stereocenters. The van der Waals surface area contributed by atoms with E-state index < -0.39 is 0 Å². The molecular formula is C16H22ClN3O2S2. The van der Waals surface area contributed by atoms with Gasteiger partial charge in [0.05, 0.1) is 12.0 Å². The van der Waals surface area contributed by atoms with Gasteiger partial charge >= 0.3 is 5.97 Å². The van der Waals surface area contributed by atoms with Crippen molar-refractivity contribution in [3.05, 3.63) is 15.6 Å². The molecule has 0 bridgehead atoms. The maximum absolute atomic E-state index is 12.2. The summed E-state index contributed by atoms with van der Waals surface area (Å²) in [5.41, 5.74) is 0.797. The molecule has 0 saturated carbocycles. The van der Waals surface area contributed by atoms with Gasteiger partial charge in [0.15, 0.2) is 5.16 Å². The van der Waals surface area contributed by atoms with Gasteiger partial charge in [-0.3, -0.25) is 0 Å². The van der Waals surface area contributed by atoms with Crippen molar-refractivity contribution < 1.29 is 9.53 Å². The average Bonchev–Trinajstić information content (AvgIpc) is 2.86. The molecule has 8 heteroatoms. The van der Waals surface area contributed by atoms with Crippen molar-refractivity contribution in [1.29, 1.82) is 0 Å². The Morgan fingerprint density at radius 1 is 1.38 bits per heavy atom. The van der Waals surface area contributed by atoms with E-state index in [1.54, 1.807) is 11.8 Å². The van der Waals surface area contributed by atoms with Gasteiger partial charge in [0.2, 0.25) is 0 Å². The van der Waals surface area contributed by atoms with Crippen LogP contribution in [0.15, 0.2) is 5.16 Å². The molecular weight excluding hydrogens is 366 g/mol. The Balaban J connectivity index is 2.19. The number of thiophene rings is 1. The van der Waals surface area contributed by atoms with Crippen LogP contribution in [0.5, 0.6) is 0 Å². The molecule has 24 heavy (non-hydrogen) atoms. The third-order valence-corrected chi connectivity index (χ3v) is 5.70. The van der Waals surface area contributed by atoms with Crippen molar-refractivity contribution >= 4 is 50.9 Å². The topological polar surface area (TPSA) is 55.3 Å². The first-order valence-corrected chi connectivity index (χ1v) is 10.0. The first-order chi connectivity index (χ1) is 11.4. The van der Waals surface area contributed by atoms with E-state index in [-0.39, 0.29) is 5.97 Å². The Bertz CT molecular complexity index is 719. The minimum Gasteiger partial charge on any atom is -0.462 e. The quantitative estimate of drug-likeness (QED) is 0.222. The van der Waals surface area contributed by atoms with Crippen LogP contribution < -0.4 is 0 Å². The van der Waals surface area contributed by atoms with E-state index in [4.69, 9.17) is 16.3 Å². The summed E-state index contributed by atoms with van der Waals surface area (Å²) in [5.74, 6) is 0.615. The Labute approximate surface area is 155 Å². The fourth-order valence-electron chi connectivity index (χ4n) is 2.14. The van der Waals surface area contributed by atoms with E-state index in [9.17, 15) is 4.79 Å². The van der Waals surface area contributed by atoms with Crippen molar-refractivity contribution in [3.63, 3.8) is 0 Å². The number of ether oxygens (including phenoxy) is 1. The van der Waals surface area contributed by atoms with E-state index in [0.717, 1.165) is 40.9 Å². The summed E-state index contributed by atoms with van der Waals surface area (Å²) in [6.07, 6.45) is 1.85. The van der Waals surface area contributed by atoms with Gasteiger partial charge in [-0.05, 0) is 46.0 Å². The van der Waals surface area contributed by atoms with Crippen LogP contribution in [0, 0.1) is 6.92 Å². The summed E-state index contributed by atoms with van der Waals surface area (Å²) in [7, 11) is 4.11. The van der Waals surface area contributed by atoms with Crippen LogP contribution in [0.4, 0.5) is 0 Å². The molecule has 2 heterocycles. The van der Waals surface area contributed by atoms with Crippen LogP contribution in [0.2, 0.25) is 5.15 Å². The number of nitrogens with zero attached hydrogens (tertiary/aromatic N) is 3. The van der Waals surface area contributed by atoms with Crippen molar-refractivity contribution in [2.45, 2.75) is 31.8 Å². The number of hydrogen-bond donors (Lipinski definition) is 0. The molecule has 0 aliphatic rings. The SMILES string of the molecule is CCCOC(=O)c1sc2nc(SCCCN(C)C)nc(Cl)c2c1C. The normalized spacial score (nSPS) is 11.4. The Hall–Kier alpha value is -0.890. The van der Waals surface area contributed by atoms with Crippen molar-refractivity contribution in [2.75, 3.05) is 33.0 Å². The molecule has 5 nitrogen and oxygen atoms in total. The monoisotopic (exact) mass is 387 g/mol. The lowest BCUT2D eigenvalue weighted by Crippen LogP contribution is -2.13. The lowest BCUT2D eigenvalue weighted by Gasteiger charge is -2.08. The zero-order chi connectivity index (χ0) is 17.7. The highest BCUT2D eigenvalue weighted by Gasteiger charge is 2.20. The summed E-state index contributed by atoms with van der Waals surface area (Å²) >= 11 is 9.24. The van der Waals surface area contributed by atoms with Crippen molar-refractivity contribution in [1.82, 2.24) is 14.9 Å². The molecule has 132 valence electrons. The molecule has 2 rings (SSSR count). The van der Waals surface area contributed by atoms with Crippen LogP contribution in [0.1, 0.15) is 35.0 Å². The van der Waals surface area contributed by atoms with Crippen molar-refractivity contribution in [2.24, 2.45) is 0 Å². The van der Waals surface area contributed by atoms with Gasteiger partial charge in [-0.25, -0.2) is 14.8 Å². The predicted octanol–water partition coefficient (Wildman–Crippen LogP) is 4.26.